The Morgan fingerprint density at radius 1 is 1.14 bits per heavy atom. The number of rotatable bonds is 1. The first-order valence-electron chi connectivity index (χ1n) is 3.82. The van der Waals surface area contributed by atoms with Gasteiger partial charge in [0.25, 0.3) is 0 Å². The fourth-order valence-corrected chi connectivity index (χ4v) is 0.982. The molecule has 2 N–H and O–H groups in total. The van der Waals surface area contributed by atoms with Crippen LogP contribution in [0.2, 0.25) is 0 Å². The number of nitrogens with two attached hydrogens (primary N) is 1. The minimum absolute atomic E-state index is 0.00653. The smallest absolute Gasteiger partial charge is 0.220 e. The molecule has 0 aliphatic heterocycles. The number of anilines is 1. The highest BCUT2D eigenvalue weighted by atomic mass is 19.1. The Kier molecular flexibility index (Phi) is 2.02. The van der Waals surface area contributed by atoms with Crippen molar-refractivity contribution >= 4 is 5.95 Å². The van der Waals surface area contributed by atoms with E-state index in [-0.39, 0.29) is 11.6 Å². The second kappa shape index (κ2) is 3.33. The molecule has 0 aliphatic carbocycles. The van der Waals surface area contributed by atoms with Crippen LogP contribution in [0.15, 0.2) is 24.8 Å². The molecule has 0 radical (unpaired) electrons. The molecule has 2 aromatic rings. The van der Waals surface area contributed by atoms with Gasteiger partial charge in [0.05, 0.1) is 12.4 Å². The molecule has 0 amide bonds. The maximum absolute atomic E-state index is 13.2. The van der Waals surface area contributed by atoms with Crippen molar-refractivity contribution in [2.24, 2.45) is 0 Å². The Morgan fingerprint density at radius 2 is 2.00 bits per heavy atom. The number of halogens is 1. The molecule has 0 fully saturated rings. The van der Waals surface area contributed by atoms with Gasteiger partial charge >= 0.3 is 0 Å². The second-order valence-electron chi connectivity index (χ2n) is 2.52. The Bertz CT molecular complexity index is 445. The molecule has 2 heterocycles. The summed E-state index contributed by atoms with van der Waals surface area (Å²) >= 11 is 0. The second-order valence-corrected chi connectivity index (χ2v) is 2.52. The highest BCUT2D eigenvalue weighted by Crippen LogP contribution is 2.16. The van der Waals surface area contributed by atoms with Crippen molar-refractivity contribution in [3.63, 3.8) is 0 Å². The van der Waals surface area contributed by atoms with Crippen LogP contribution in [0.3, 0.4) is 0 Å². The van der Waals surface area contributed by atoms with Crippen molar-refractivity contribution in [1.82, 2.24) is 19.9 Å². The van der Waals surface area contributed by atoms with Crippen LogP contribution < -0.4 is 5.73 Å². The minimum Gasteiger partial charge on any atom is -0.368 e. The molecular formula is C8H6FN5. The van der Waals surface area contributed by atoms with E-state index in [9.17, 15) is 4.39 Å². The van der Waals surface area contributed by atoms with E-state index in [0.29, 0.717) is 5.69 Å². The molecule has 0 spiro atoms. The number of nitrogens with zero attached hydrogens (tertiary/aromatic N) is 4. The van der Waals surface area contributed by atoms with Crippen molar-refractivity contribution in [2.45, 2.75) is 0 Å². The zero-order valence-electron chi connectivity index (χ0n) is 7.05. The van der Waals surface area contributed by atoms with E-state index in [1.54, 1.807) is 0 Å². The van der Waals surface area contributed by atoms with Crippen LogP contribution in [-0.2, 0) is 0 Å². The van der Waals surface area contributed by atoms with Crippen molar-refractivity contribution in [1.29, 1.82) is 0 Å². The Morgan fingerprint density at radius 3 is 2.71 bits per heavy atom. The van der Waals surface area contributed by atoms with Crippen LogP contribution in [0.5, 0.6) is 0 Å². The summed E-state index contributed by atoms with van der Waals surface area (Å²) in [6, 6.07) is 0. The molecule has 70 valence electrons. The largest absolute Gasteiger partial charge is 0.368 e. The van der Waals surface area contributed by atoms with E-state index in [4.69, 9.17) is 5.73 Å². The van der Waals surface area contributed by atoms with E-state index in [0.717, 1.165) is 6.20 Å². The Labute approximate surface area is 78.9 Å². The summed E-state index contributed by atoms with van der Waals surface area (Å²) in [5.74, 6) is -0.563. The molecule has 0 saturated heterocycles. The summed E-state index contributed by atoms with van der Waals surface area (Å²) in [6.07, 6.45) is 5.36. The van der Waals surface area contributed by atoms with Crippen LogP contribution in [0, 0.1) is 5.82 Å². The van der Waals surface area contributed by atoms with E-state index in [2.05, 4.69) is 19.9 Å². The highest BCUT2D eigenvalue weighted by molar-refractivity contribution is 5.54. The maximum Gasteiger partial charge on any atom is 0.220 e. The first kappa shape index (κ1) is 8.49. The average molecular weight is 191 g/mol. The topological polar surface area (TPSA) is 77.6 Å². The van der Waals surface area contributed by atoms with Crippen LogP contribution in [-0.4, -0.2) is 19.9 Å². The molecule has 2 aromatic heterocycles. The summed E-state index contributed by atoms with van der Waals surface area (Å²) in [6.45, 7) is 0. The first-order valence-corrected chi connectivity index (χ1v) is 3.82. The predicted molar refractivity (Wildman–Crippen MR) is 47.4 cm³/mol. The number of aromatic nitrogens is 4. The lowest BCUT2D eigenvalue weighted by molar-refractivity contribution is 0.618. The van der Waals surface area contributed by atoms with Gasteiger partial charge in [-0.3, -0.25) is 9.97 Å². The summed E-state index contributed by atoms with van der Waals surface area (Å²) < 4.78 is 13.2. The van der Waals surface area contributed by atoms with Gasteiger partial charge in [-0.2, -0.15) is 0 Å². The highest BCUT2D eigenvalue weighted by Gasteiger charge is 2.08. The maximum atomic E-state index is 13.2. The molecule has 14 heavy (non-hydrogen) atoms. The lowest BCUT2D eigenvalue weighted by atomic mass is 10.3. The van der Waals surface area contributed by atoms with E-state index < -0.39 is 5.82 Å². The van der Waals surface area contributed by atoms with Gasteiger partial charge in [-0.1, -0.05) is 0 Å². The van der Waals surface area contributed by atoms with Gasteiger partial charge in [0, 0.05) is 12.4 Å². The van der Waals surface area contributed by atoms with Crippen LogP contribution in [0.1, 0.15) is 0 Å². The summed E-state index contributed by atoms with van der Waals surface area (Å²) in [7, 11) is 0. The minimum atomic E-state index is -0.570. The van der Waals surface area contributed by atoms with Crippen LogP contribution >= 0.6 is 0 Å². The van der Waals surface area contributed by atoms with Gasteiger partial charge < -0.3 is 5.73 Å². The van der Waals surface area contributed by atoms with Gasteiger partial charge in [-0.25, -0.2) is 14.4 Å². The molecule has 2 rings (SSSR count). The van der Waals surface area contributed by atoms with Crippen LogP contribution in [0.25, 0.3) is 11.4 Å². The molecule has 0 saturated carbocycles. The molecule has 0 bridgehead atoms. The molecule has 5 nitrogen and oxygen atoms in total. The van der Waals surface area contributed by atoms with Crippen molar-refractivity contribution in [3.05, 3.63) is 30.6 Å². The standard InChI is InChI=1S/C8H6FN5/c9-5-3-13-8(10)14-7(5)6-4-11-1-2-12-6/h1-4H,(H2,10,13,14). The molecule has 0 aromatic carbocycles. The van der Waals surface area contributed by atoms with Gasteiger partial charge in [0.2, 0.25) is 5.95 Å². The first-order chi connectivity index (χ1) is 6.77. The monoisotopic (exact) mass is 191 g/mol. The Hall–Kier alpha value is -2.11. The number of hydrogen-bond acceptors (Lipinski definition) is 5. The molecule has 0 unspecified atom stereocenters. The molecule has 0 aliphatic rings. The van der Waals surface area contributed by atoms with Gasteiger partial charge in [0.1, 0.15) is 11.4 Å². The number of hydrogen-bond donors (Lipinski definition) is 1. The molecular weight excluding hydrogens is 185 g/mol. The summed E-state index contributed by atoms with van der Waals surface area (Å²) in [4.78, 5) is 14.9. The third-order valence-corrected chi connectivity index (χ3v) is 1.57. The normalized spacial score (nSPS) is 10.1. The quantitative estimate of drug-likeness (QED) is 0.716. The lowest BCUT2D eigenvalue weighted by Crippen LogP contribution is -1.99. The van der Waals surface area contributed by atoms with Crippen molar-refractivity contribution in [2.75, 3.05) is 5.73 Å². The summed E-state index contributed by atoms with van der Waals surface area (Å²) in [5.41, 5.74) is 5.72. The van der Waals surface area contributed by atoms with Gasteiger partial charge in [-0.15, -0.1) is 0 Å². The molecule has 0 atom stereocenters. The lowest BCUT2D eigenvalue weighted by Gasteiger charge is -2.00. The third kappa shape index (κ3) is 1.49. The molecule has 6 heteroatoms. The fraction of sp³-hybridized carbons (Fsp3) is 0. The van der Waals surface area contributed by atoms with Crippen molar-refractivity contribution < 1.29 is 4.39 Å². The van der Waals surface area contributed by atoms with Crippen molar-refractivity contribution in [3.8, 4) is 11.4 Å². The zero-order valence-corrected chi connectivity index (χ0v) is 7.05. The average Bonchev–Trinajstić information content (AvgIpc) is 2.23. The number of nitrogen functional groups attached to an aromatic ring is 1. The predicted octanol–water partition coefficient (Wildman–Crippen LogP) is 0.655. The SMILES string of the molecule is Nc1ncc(F)c(-c2cnccn2)n1. The third-order valence-electron chi connectivity index (χ3n) is 1.57. The van der Waals surface area contributed by atoms with E-state index in [1.807, 2.05) is 0 Å². The van der Waals surface area contributed by atoms with Gasteiger partial charge in [0.15, 0.2) is 5.82 Å². The summed E-state index contributed by atoms with van der Waals surface area (Å²) in [5, 5.41) is 0. The fourth-order valence-electron chi connectivity index (χ4n) is 0.982. The van der Waals surface area contributed by atoms with Crippen LogP contribution in [0.4, 0.5) is 10.3 Å². The van der Waals surface area contributed by atoms with E-state index in [1.165, 1.54) is 18.6 Å². The van der Waals surface area contributed by atoms with Gasteiger partial charge in [-0.05, 0) is 0 Å². The zero-order chi connectivity index (χ0) is 9.97. The Balaban J connectivity index is 2.57. The van der Waals surface area contributed by atoms with E-state index >= 15 is 0 Å².